The second-order valence-electron chi connectivity index (χ2n) is 8.16. The zero-order valence-corrected chi connectivity index (χ0v) is 15.2. The maximum Gasteiger partial charge on any atom is 0.169 e. The lowest BCUT2D eigenvalue weighted by Gasteiger charge is -2.41. The molecule has 3 saturated heterocycles. The highest BCUT2D eigenvalue weighted by Crippen LogP contribution is 2.46. The smallest absolute Gasteiger partial charge is 0.169 e. The molecule has 25 heavy (non-hydrogen) atoms. The average Bonchev–Trinajstić information content (AvgIpc) is 3.12. The Hall–Kier alpha value is -0.500. The van der Waals surface area contributed by atoms with Gasteiger partial charge in [-0.05, 0) is 33.1 Å². The fourth-order valence-corrected chi connectivity index (χ4v) is 4.61. The third-order valence-corrected chi connectivity index (χ3v) is 5.81. The summed E-state index contributed by atoms with van der Waals surface area (Å²) in [5.41, 5.74) is 0. The molecule has 4 fully saturated rings. The summed E-state index contributed by atoms with van der Waals surface area (Å²) in [6.45, 7) is 8.04. The third-order valence-electron chi connectivity index (χ3n) is 5.81. The number of aliphatic hydroxyl groups is 1. The molecule has 0 radical (unpaired) electrons. The summed E-state index contributed by atoms with van der Waals surface area (Å²) >= 11 is 0. The largest absolute Gasteiger partial charge is 0.388 e. The normalized spacial score (nSPS) is 45.4. The van der Waals surface area contributed by atoms with Crippen LogP contribution in [0.5, 0.6) is 0 Å². The highest BCUT2D eigenvalue weighted by atomic mass is 16.8. The first-order valence-electron chi connectivity index (χ1n) is 9.55. The van der Waals surface area contributed by atoms with Gasteiger partial charge in [-0.25, -0.2) is 0 Å². The van der Waals surface area contributed by atoms with Crippen LogP contribution in [0.2, 0.25) is 0 Å². The van der Waals surface area contributed by atoms with Crippen molar-refractivity contribution in [2.24, 2.45) is 0 Å². The molecule has 1 N–H and O–H groups in total. The predicted octanol–water partition coefficient (Wildman–Crippen LogP) is 2.29. The molecule has 3 aliphatic heterocycles. The van der Waals surface area contributed by atoms with Crippen LogP contribution in [-0.2, 0) is 23.7 Å². The summed E-state index contributed by atoms with van der Waals surface area (Å²) < 4.78 is 30.8. The van der Waals surface area contributed by atoms with Crippen LogP contribution in [0.1, 0.15) is 52.4 Å². The summed E-state index contributed by atoms with van der Waals surface area (Å²) in [6.07, 6.45) is 5.10. The van der Waals surface area contributed by atoms with Gasteiger partial charge in [0.15, 0.2) is 11.6 Å². The minimum absolute atomic E-state index is 0.232. The second kappa shape index (κ2) is 6.59. The molecule has 4 aliphatic rings. The van der Waals surface area contributed by atoms with Gasteiger partial charge in [0.25, 0.3) is 0 Å². The van der Waals surface area contributed by atoms with E-state index in [1.165, 1.54) is 6.42 Å². The first-order valence-corrected chi connectivity index (χ1v) is 9.55. The average molecular weight is 354 g/mol. The van der Waals surface area contributed by atoms with E-state index in [2.05, 4.69) is 6.58 Å². The highest BCUT2D eigenvalue weighted by molar-refractivity contribution is 5.04. The van der Waals surface area contributed by atoms with Crippen molar-refractivity contribution in [1.29, 1.82) is 0 Å². The van der Waals surface area contributed by atoms with Crippen LogP contribution in [0.4, 0.5) is 0 Å². The van der Waals surface area contributed by atoms with E-state index in [0.717, 1.165) is 25.7 Å². The maximum absolute atomic E-state index is 10.8. The molecular formula is C19H30O6. The van der Waals surface area contributed by atoms with E-state index >= 15 is 0 Å². The van der Waals surface area contributed by atoms with E-state index < -0.39 is 23.8 Å². The van der Waals surface area contributed by atoms with E-state index in [4.69, 9.17) is 23.7 Å². The molecule has 0 aromatic rings. The SMILES string of the molecule is C=CC[C@@H]1O[C@@H]([C@H]2COC(C)(C)O2)[C@H]2OC3(CCCCC3)OC2[C@H]1O. The Kier molecular flexibility index (Phi) is 4.71. The van der Waals surface area contributed by atoms with Crippen molar-refractivity contribution in [3.8, 4) is 0 Å². The van der Waals surface area contributed by atoms with Crippen molar-refractivity contribution >= 4 is 0 Å². The van der Waals surface area contributed by atoms with Crippen LogP contribution < -0.4 is 0 Å². The predicted molar refractivity (Wildman–Crippen MR) is 89.9 cm³/mol. The van der Waals surface area contributed by atoms with E-state index in [-0.39, 0.29) is 24.4 Å². The Morgan fingerprint density at radius 1 is 1.04 bits per heavy atom. The van der Waals surface area contributed by atoms with Crippen LogP contribution in [0.3, 0.4) is 0 Å². The second-order valence-corrected chi connectivity index (χ2v) is 8.16. The van der Waals surface area contributed by atoms with E-state index in [1.807, 2.05) is 13.8 Å². The topological polar surface area (TPSA) is 66.4 Å². The van der Waals surface area contributed by atoms with Crippen LogP contribution in [0.25, 0.3) is 0 Å². The maximum atomic E-state index is 10.8. The van der Waals surface area contributed by atoms with Gasteiger partial charge >= 0.3 is 0 Å². The van der Waals surface area contributed by atoms with Gasteiger partial charge in [0.1, 0.15) is 30.5 Å². The molecule has 3 heterocycles. The lowest BCUT2D eigenvalue weighted by molar-refractivity contribution is -0.227. The van der Waals surface area contributed by atoms with Gasteiger partial charge in [-0.1, -0.05) is 12.5 Å². The molecule has 1 saturated carbocycles. The van der Waals surface area contributed by atoms with E-state index in [0.29, 0.717) is 13.0 Å². The van der Waals surface area contributed by atoms with Crippen LogP contribution in [0, 0.1) is 0 Å². The monoisotopic (exact) mass is 354 g/mol. The van der Waals surface area contributed by atoms with Crippen molar-refractivity contribution in [1.82, 2.24) is 0 Å². The van der Waals surface area contributed by atoms with Gasteiger partial charge in [-0.2, -0.15) is 0 Å². The molecule has 0 bridgehead atoms. The summed E-state index contributed by atoms with van der Waals surface area (Å²) in [7, 11) is 0. The van der Waals surface area contributed by atoms with Gasteiger partial charge < -0.3 is 28.8 Å². The Balaban J connectivity index is 1.58. The van der Waals surface area contributed by atoms with E-state index in [9.17, 15) is 5.11 Å². The molecule has 6 atom stereocenters. The first kappa shape index (κ1) is 17.9. The van der Waals surface area contributed by atoms with Gasteiger partial charge in [-0.3, -0.25) is 0 Å². The number of aliphatic hydroxyl groups excluding tert-OH is 1. The van der Waals surface area contributed by atoms with Crippen molar-refractivity contribution in [2.75, 3.05) is 6.61 Å². The van der Waals surface area contributed by atoms with Crippen LogP contribution >= 0.6 is 0 Å². The Morgan fingerprint density at radius 2 is 1.76 bits per heavy atom. The zero-order chi connectivity index (χ0) is 17.7. The number of hydrogen-bond acceptors (Lipinski definition) is 6. The van der Waals surface area contributed by atoms with Crippen molar-refractivity contribution in [2.45, 2.75) is 101 Å². The van der Waals surface area contributed by atoms with Crippen molar-refractivity contribution in [3.63, 3.8) is 0 Å². The molecule has 0 amide bonds. The highest BCUT2D eigenvalue weighted by Gasteiger charge is 2.60. The molecule has 6 nitrogen and oxygen atoms in total. The Bertz CT molecular complexity index is 500. The molecule has 0 aromatic carbocycles. The third kappa shape index (κ3) is 3.29. The Labute approximate surface area is 149 Å². The van der Waals surface area contributed by atoms with Gasteiger partial charge in [0.2, 0.25) is 0 Å². The summed E-state index contributed by atoms with van der Waals surface area (Å²) in [4.78, 5) is 0. The molecule has 142 valence electrons. The summed E-state index contributed by atoms with van der Waals surface area (Å²) in [6, 6.07) is 0. The molecule has 0 aromatic heterocycles. The van der Waals surface area contributed by atoms with Crippen molar-refractivity contribution in [3.05, 3.63) is 12.7 Å². The molecule has 1 aliphatic carbocycles. The lowest BCUT2D eigenvalue weighted by Crippen LogP contribution is -2.59. The number of fused-ring (bicyclic) bond motifs is 1. The number of ether oxygens (including phenoxy) is 5. The molecule has 6 heteroatoms. The fourth-order valence-electron chi connectivity index (χ4n) is 4.61. The minimum atomic E-state index is -0.726. The van der Waals surface area contributed by atoms with Gasteiger partial charge in [0.05, 0.1) is 12.7 Å². The van der Waals surface area contributed by atoms with Crippen LogP contribution in [-0.4, -0.2) is 59.9 Å². The minimum Gasteiger partial charge on any atom is -0.388 e. The molecule has 1 unspecified atom stereocenters. The lowest BCUT2D eigenvalue weighted by atomic mass is 9.91. The van der Waals surface area contributed by atoms with Crippen LogP contribution in [0.15, 0.2) is 12.7 Å². The summed E-state index contributed by atoms with van der Waals surface area (Å²) in [5.74, 6) is -1.20. The van der Waals surface area contributed by atoms with Gasteiger partial charge in [-0.15, -0.1) is 6.58 Å². The zero-order valence-electron chi connectivity index (χ0n) is 15.2. The molecular weight excluding hydrogens is 324 g/mol. The molecule has 4 rings (SSSR count). The van der Waals surface area contributed by atoms with Crippen molar-refractivity contribution < 1.29 is 28.8 Å². The first-order chi connectivity index (χ1) is 11.9. The molecule has 1 spiro atoms. The summed E-state index contributed by atoms with van der Waals surface area (Å²) in [5, 5.41) is 10.8. The fraction of sp³-hybridized carbons (Fsp3) is 0.895. The number of rotatable bonds is 3. The standard InChI is InChI=1S/C19H30O6/c1-4-8-12-14(20)16-17(25-19(24-16)9-6-5-7-10-19)15(22-12)13-11-21-18(2,3)23-13/h4,12-17,20H,1,5-11H2,2-3H3/t12-,13+,14-,15-,16?,17+/m0/s1. The number of hydrogen-bond donors (Lipinski definition) is 1. The van der Waals surface area contributed by atoms with Gasteiger partial charge in [0, 0.05) is 12.8 Å². The van der Waals surface area contributed by atoms with E-state index in [1.54, 1.807) is 6.08 Å². The quantitative estimate of drug-likeness (QED) is 0.785. The Morgan fingerprint density at radius 3 is 2.40 bits per heavy atom.